The molecule has 0 unspecified atom stereocenters. The van der Waals surface area contributed by atoms with Crippen molar-refractivity contribution in [3.05, 3.63) is 52.1 Å². The van der Waals surface area contributed by atoms with Gasteiger partial charge in [-0.1, -0.05) is 23.7 Å². The Morgan fingerprint density at radius 2 is 1.72 bits per heavy atom. The molecule has 2 N–H and O–H groups in total. The maximum atomic E-state index is 11.1. The van der Waals surface area contributed by atoms with E-state index >= 15 is 0 Å². The Bertz CT molecular complexity index is 526. The van der Waals surface area contributed by atoms with Crippen LogP contribution in [-0.2, 0) is 9.59 Å². The maximum Gasteiger partial charge on any atom is 0.335 e. The SMILES string of the molecule is CC(=C\C(=O)O)/C(=C\c1ccc(Cl)cc1)C(=O)O. The van der Waals surface area contributed by atoms with Crippen LogP contribution in [-0.4, -0.2) is 22.2 Å². The Hall–Kier alpha value is -2.07. The van der Waals surface area contributed by atoms with E-state index in [-0.39, 0.29) is 11.1 Å². The lowest BCUT2D eigenvalue weighted by molar-refractivity contribution is -0.132. The Morgan fingerprint density at radius 3 is 2.17 bits per heavy atom. The first-order valence-corrected chi connectivity index (χ1v) is 5.40. The van der Waals surface area contributed by atoms with E-state index in [1.807, 2.05) is 0 Å². The first kappa shape index (κ1) is 14.0. The van der Waals surface area contributed by atoms with Crippen LogP contribution in [0.2, 0.25) is 5.02 Å². The molecule has 0 atom stereocenters. The fraction of sp³-hybridized carbons (Fsp3) is 0.0769. The minimum Gasteiger partial charge on any atom is -0.478 e. The molecular weight excluding hydrogens is 256 g/mol. The zero-order valence-corrected chi connectivity index (χ0v) is 10.3. The van der Waals surface area contributed by atoms with Crippen molar-refractivity contribution < 1.29 is 19.8 Å². The first-order valence-electron chi connectivity index (χ1n) is 5.02. The second-order valence-corrected chi connectivity index (χ2v) is 4.02. The van der Waals surface area contributed by atoms with Crippen molar-refractivity contribution in [3.63, 3.8) is 0 Å². The van der Waals surface area contributed by atoms with Crippen LogP contribution >= 0.6 is 11.6 Å². The highest BCUT2D eigenvalue weighted by atomic mass is 35.5. The number of hydrogen-bond acceptors (Lipinski definition) is 2. The van der Waals surface area contributed by atoms with E-state index in [0.717, 1.165) is 6.08 Å². The lowest BCUT2D eigenvalue weighted by atomic mass is 10.0. The molecule has 0 radical (unpaired) electrons. The van der Waals surface area contributed by atoms with Gasteiger partial charge in [-0.05, 0) is 36.3 Å². The highest BCUT2D eigenvalue weighted by molar-refractivity contribution is 6.30. The third kappa shape index (κ3) is 4.07. The molecule has 1 aromatic carbocycles. The van der Waals surface area contributed by atoms with Crippen molar-refractivity contribution in [1.82, 2.24) is 0 Å². The molecule has 1 rings (SSSR count). The van der Waals surface area contributed by atoms with Crippen LogP contribution in [0.5, 0.6) is 0 Å². The fourth-order valence-corrected chi connectivity index (χ4v) is 1.46. The maximum absolute atomic E-state index is 11.1. The van der Waals surface area contributed by atoms with Gasteiger partial charge in [-0.25, -0.2) is 9.59 Å². The fourth-order valence-electron chi connectivity index (χ4n) is 1.33. The van der Waals surface area contributed by atoms with Crippen LogP contribution in [0.25, 0.3) is 6.08 Å². The Balaban J connectivity index is 3.17. The zero-order chi connectivity index (χ0) is 13.7. The topological polar surface area (TPSA) is 74.6 Å². The monoisotopic (exact) mass is 266 g/mol. The Labute approximate surface area is 109 Å². The van der Waals surface area contributed by atoms with E-state index in [0.29, 0.717) is 10.6 Å². The molecule has 0 amide bonds. The predicted octanol–water partition coefficient (Wildman–Crippen LogP) is 2.84. The van der Waals surface area contributed by atoms with Crippen LogP contribution in [0.4, 0.5) is 0 Å². The van der Waals surface area contributed by atoms with Gasteiger partial charge in [-0.15, -0.1) is 0 Å². The molecule has 5 heteroatoms. The second kappa shape index (κ2) is 6.02. The predicted molar refractivity (Wildman–Crippen MR) is 68.5 cm³/mol. The normalized spacial score (nSPS) is 12.3. The summed E-state index contributed by atoms with van der Waals surface area (Å²) in [6.07, 6.45) is 2.25. The van der Waals surface area contributed by atoms with Gasteiger partial charge in [-0.2, -0.15) is 0 Å². The third-order valence-corrected chi connectivity index (χ3v) is 2.43. The molecule has 94 valence electrons. The van der Waals surface area contributed by atoms with Crippen LogP contribution < -0.4 is 0 Å². The average Bonchev–Trinajstić information content (AvgIpc) is 2.26. The van der Waals surface area contributed by atoms with Crippen LogP contribution in [0.3, 0.4) is 0 Å². The largest absolute Gasteiger partial charge is 0.478 e. The summed E-state index contributed by atoms with van der Waals surface area (Å²) < 4.78 is 0. The highest BCUT2D eigenvalue weighted by Gasteiger charge is 2.10. The first-order chi connectivity index (χ1) is 8.40. The van der Waals surface area contributed by atoms with Crippen molar-refractivity contribution >= 4 is 29.6 Å². The molecule has 0 heterocycles. The number of carboxylic acid groups (broad SMARTS) is 2. The average molecular weight is 267 g/mol. The third-order valence-electron chi connectivity index (χ3n) is 2.18. The molecule has 0 fully saturated rings. The molecular formula is C13H11ClO4. The Kier molecular flexibility index (Phi) is 4.68. The van der Waals surface area contributed by atoms with Gasteiger partial charge < -0.3 is 10.2 Å². The summed E-state index contributed by atoms with van der Waals surface area (Å²) in [5.41, 5.74) is 0.736. The summed E-state index contributed by atoms with van der Waals surface area (Å²) in [5.74, 6) is -2.37. The minimum absolute atomic E-state index is 0.0697. The van der Waals surface area contributed by atoms with Crippen molar-refractivity contribution in [1.29, 1.82) is 0 Å². The van der Waals surface area contributed by atoms with Gasteiger partial charge in [0, 0.05) is 11.1 Å². The van der Waals surface area contributed by atoms with Gasteiger partial charge in [-0.3, -0.25) is 0 Å². The number of hydrogen-bond donors (Lipinski definition) is 2. The molecule has 0 aromatic heterocycles. The second-order valence-electron chi connectivity index (χ2n) is 3.58. The summed E-state index contributed by atoms with van der Waals surface area (Å²) in [6, 6.07) is 6.56. The van der Waals surface area contributed by atoms with E-state index in [1.165, 1.54) is 13.0 Å². The minimum atomic E-state index is -1.18. The molecule has 1 aromatic rings. The van der Waals surface area contributed by atoms with Gasteiger partial charge in [0.25, 0.3) is 0 Å². The molecule has 0 spiro atoms. The van der Waals surface area contributed by atoms with Crippen molar-refractivity contribution in [2.24, 2.45) is 0 Å². The molecule has 0 saturated carbocycles. The van der Waals surface area contributed by atoms with Gasteiger partial charge >= 0.3 is 11.9 Å². The van der Waals surface area contributed by atoms with Crippen LogP contribution in [0, 0.1) is 0 Å². The quantitative estimate of drug-likeness (QED) is 0.649. The smallest absolute Gasteiger partial charge is 0.335 e. The molecule has 0 saturated heterocycles. The van der Waals surface area contributed by atoms with E-state index in [9.17, 15) is 9.59 Å². The molecule has 18 heavy (non-hydrogen) atoms. The number of aliphatic carboxylic acids is 2. The van der Waals surface area contributed by atoms with Gasteiger partial charge in [0.2, 0.25) is 0 Å². The summed E-state index contributed by atoms with van der Waals surface area (Å²) in [6.45, 7) is 1.43. The van der Waals surface area contributed by atoms with Crippen molar-refractivity contribution in [2.75, 3.05) is 0 Å². The van der Waals surface area contributed by atoms with Crippen LogP contribution in [0.1, 0.15) is 12.5 Å². The van der Waals surface area contributed by atoms with Crippen molar-refractivity contribution in [2.45, 2.75) is 6.92 Å². The molecule has 0 aliphatic carbocycles. The molecule has 0 bridgehead atoms. The zero-order valence-electron chi connectivity index (χ0n) is 9.55. The summed E-state index contributed by atoms with van der Waals surface area (Å²) in [4.78, 5) is 21.6. The highest BCUT2D eigenvalue weighted by Crippen LogP contribution is 2.17. The molecule has 4 nitrogen and oxygen atoms in total. The number of carbonyl (C=O) groups is 2. The van der Waals surface area contributed by atoms with Crippen LogP contribution in [0.15, 0.2) is 41.5 Å². The lowest BCUT2D eigenvalue weighted by Gasteiger charge is -2.02. The van der Waals surface area contributed by atoms with E-state index in [4.69, 9.17) is 21.8 Å². The molecule has 0 aliphatic heterocycles. The van der Waals surface area contributed by atoms with E-state index in [1.54, 1.807) is 24.3 Å². The lowest BCUT2D eigenvalue weighted by Crippen LogP contribution is -2.03. The number of rotatable bonds is 4. The summed E-state index contributed by atoms with van der Waals surface area (Å²) >= 11 is 5.72. The van der Waals surface area contributed by atoms with E-state index < -0.39 is 11.9 Å². The summed E-state index contributed by atoms with van der Waals surface area (Å²) in [7, 11) is 0. The van der Waals surface area contributed by atoms with Gasteiger partial charge in [0.15, 0.2) is 0 Å². The number of carboxylic acids is 2. The van der Waals surface area contributed by atoms with Crippen molar-refractivity contribution in [3.8, 4) is 0 Å². The Morgan fingerprint density at radius 1 is 1.17 bits per heavy atom. The standard InChI is InChI=1S/C13H11ClO4/c1-8(6-12(15)16)11(13(17)18)7-9-2-4-10(14)5-3-9/h2-7H,1H3,(H,15,16)(H,17,18)/b8-6+,11-7+. The van der Waals surface area contributed by atoms with E-state index in [2.05, 4.69) is 0 Å². The number of halogens is 1. The van der Waals surface area contributed by atoms with Gasteiger partial charge in [0.1, 0.15) is 0 Å². The number of benzene rings is 1. The summed E-state index contributed by atoms with van der Waals surface area (Å²) in [5, 5.41) is 18.2. The van der Waals surface area contributed by atoms with Gasteiger partial charge in [0.05, 0.1) is 5.57 Å². The molecule has 0 aliphatic rings.